The number of hydrogen-bond acceptors (Lipinski definition) is 3. The van der Waals surface area contributed by atoms with E-state index in [4.69, 9.17) is 47.0 Å². The molecule has 1 aromatic carbocycles. The van der Waals surface area contributed by atoms with Crippen molar-refractivity contribution in [2.24, 2.45) is 0 Å². The summed E-state index contributed by atoms with van der Waals surface area (Å²) in [5, 5.41) is 8.25. The largest absolute Gasteiger partial charge is 0.453 e. The molecule has 1 aromatic rings. The van der Waals surface area contributed by atoms with Crippen LogP contribution in [0.1, 0.15) is 11.1 Å². The van der Waals surface area contributed by atoms with Crippen LogP contribution in [-0.4, -0.2) is 28.3 Å². The van der Waals surface area contributed by atoms with Gasteiger partial charge in [-0.1, -0.05) is 52.5 Å². The highest BCUT2D eigenvalue weighted by Crippen LogP contribution is 2.29. The topological polar surface area (TPSA) is 62.4 Å². The maximum Gasteiger partial charge on any atom is 0.408 e. The molecule has 0 bridgehead atoms. The highest BCUT2D eigenvalue weighted by atomic mass is 35.6. The third kappa shape index (κ3) is 6.04. The minimum absolute atomic E-state index is 0.194. The summed E-state index contributed by atoms with van der Waals surface area (Å²) in [6, 6.07) is 5.83. The summed E-state index contributed by atoms with van der Waals surface area (Å²) in [6.45, 7) is 3.93. The second-order valence-electron chi connectivity index (χ2n) is 4.53. The van der Waals surface area contributed by atoms with E-state index in [1.165, 1.54) is 7.11 Å². The Morgan fingerprint density at radius 1 is 1.27 bits per heavy atom. The van der Waals surface area contributed by atoms with Crippen LogP contribution < -0.4 is 16.0 Å². The molecule has 0 fully saturated rings. The van der Waals surface area contributed by atoms with Crippen molar-refractivity contribution in [3.8, 4) is 0 Å². The molecule has 22 heavy (non-hydrogen) atoms. The summed E-state index contributed by atoms with van der Waals surface area (Å²) >= 11 is 22.6. The predicted octanol–water partition coefficient (Wildman–Crippen LogP) is 3.64. The number of ether oxygens (including phenoxy) is 1. The fourth-order valence-corrected chi connectivity index (χ4v) is 2.17. The molecule has 1 amide bonds. The summed E-state index contributed by atoms with van der Waals surface area (Å²) in [5.74, 6) is 0. The SMILES string of the molecule is COC(=O)NC(NC(=S)Nc1ccc(C)cc1C)C(Cl)(Cl)Cl. The lowest BCUT2D eigenvalue weighted by Gasteiger charge is -2.27. The molecular formula is C13H16Cl3N3O2S. The lowest BCUT2D eigenvalue weighted by Crippen LogP contribution is -2.56. The van der Waals surface area contributed by atoms with Crippen molar-refractivity contribution in [3.05, 3.63) is 29.3 Å². The van der Waals surface area contributed by atoms with Crippen LogP contribution in [0.25, 0.3) is 0 Å². The van der Waals surface area contributed by atoms with Gasteiger partial charge < -0.3 is 15.4 Å². The molecule has 0 saturated carbocycles. The first-order valence-electron chi connectivity index (χ1n) is 6.19. The van der Waals surface area contributed by atoms with Crippen LogP contribution in [0.5, 0.6) is 0 Å². The molecule has 1 unspecified atom stereocenters. The van der Waals surface area contributed by atoms with Crippen LogP contribution >= 0.6 is 47.0 Å². The number of alkyl halides is 3. The van der Waals surface area contributed by atoms with E-state index in [-0.39, 0.29) is 5.11 Å². The molecule has 0 saturated heterocycles. The number of halogens is 3. The number of hydrogen-bond donors (Lipinski definition) is 3. The third-order valence-corrected chi connectivity index (χ3v) is 3.56. The number of methoxy groups -OCH3 is 1. The Hall–Kier alpha value is -0.950. The van der Waals surface area contributed by atoms with Crippen molar-refractivity contribution < 1.29 is 9.53 Å². The van der Waals surface area contributed by atoms with E-state index in [0.717, 1.165) is 16.8 Å². The highest BCUT2D eigenvalue weighted by Gasteiger charge is 2.35. The predicted molar refractivity (Wildman–Crippen MR) is 94.9 cm³/mol. The Bertz CT molecular complexity index is 564. The first-order chi connectivity index (χ1) is 10.1. The second-order valence-corrected chi connectivity index (χ2v) is 7.30. The number of anilines is 1. The van der Waals surface area contributed by atoms with Gasteiger partial charge in [-0.25, -0.2) is 4.79 Å². The Kier molecular flexibility index (Phi) is 6.99. The fourth-order valence-electron chi connectivity index (χ4n) is 1.62. The lowest BCUT2D eigenvalue weighted by molar-refractivity contribution is 0.166. The number of aryl methyl sites for hydroxylation is 2. The maximum atomic E-state index is 11.3. The van der Waals surface area contributed by atoms with Gasteiger partial charge in [0.1, 0.15) is 0 Å². The van der Waals surface area contributed by atoms with Crippen molar-refractivity contribution in [3.63, 3.8) is 0 Å². The van der Waals surface area contributed by atoms with Crippen molar-refractivity contribution >= 4 is 63.9 Å². The number of benzene rings is 1. The van der Waals surface area contributed by atoms with Crippen LogP contribution in [-0.2, 0) is 4.74 Å². The average Bonchev–Trinajstić information content (AvgIpc) is 2.40. The molecule has 0 heterocycles. The zero-order valence-electron chi connectivity index (χ0n) is 12.2. The minimum Gasteiger partial charge on any atom is -0.453 e. The molecule has 122 valence electrons. The van der Waals surface area contributed by atoms with Gasteiger partial charge in [0.2, 0.25) is 3.79 Å². The van der Waals surface area contributed by atoms with E-state index in [9.17, 15) is 4.79 Å². The number of carbonyl (C=O) groups excluding carboxylic acids is 1. The monoisotopic (exact) mass is 383 g/mol. The molecule has 0 aliphatic rings. The molecule has 0 spiro atoms. The number of nitrogens with one attached hydrogen (secondary N) is 3. The zero-order chi connectivity index (χ0) is 16.9. The lowest BCUT2D eigenvalue weighted by atomic mass is 10.1. The second kappa shape index (κ2) is 8.06. The number of alkyl carbamates (subject to hydrolysis) is 1. The Morgan fingerprint density at radius 2 is 1.91 bits per heavy atom. The third-order valence-electron chi connectivity index (χ3n) is 2.68. The number of thiocarbonyl (C=S) groups is 1. The molecule has 5 nitrogen and oxygen atoms in total. The van der Waals surface area contributed by atoms with Crippen molar-refractivity contribution in [1.82, 2.24) is 10.6 Å². The fraction of sp³-hybridized carbons (Fsp3) is 0.385. The van der Waals surface area contributed by atoms with Crippen molar-refractivity contribution in [2.75, 3.05) is 12.4 Å². The smallest absolute Gasteiger partial charge is 0.408 e. The van der Waals surface area contributed by atoms with Gasteiger partial charge in [0.15, 0.2) is 11.3 Å². The molecule has 1 rings (SSSR count). The molecule has 9 heteroatoms. The summed E-state index contributed by atoms with van der Waals surface area (Å²) in [4.78, 5) is 11.3. The average molecular weight is 385 g/mol. The Morgan fingerprint density at radius 3 is 2.41 bits per heavy atom. The Labute approximate surface area is 149 Å². The van der Waals surface area contributed by atoms with Crippen LogP contribution in [0.15, 0.2) is 18.2 Å². The minimum atomic E-state index is -1.82. The van der Waals surface area contributed by atoms with Crippen molar-refractivity contribution in [1.29, 1.82) is 0 Å². The summed E-state index contributed by atoms with van der Waals surface area (Å²) in [5.41, 5.74) is 2.95. The van der Waals surface area contributed by atoms with Gasteiger partial charge in [-0.2, -0.15) is 0 Å². The van der Waals surface area contributed by atoms with Gasteiger partial charge in [0, 0.05) is 5.69 Å². The van der Waals surface area contributed by atoms with Gasteiger partial charge >= 0.3 is 6.09 Å². The van der Waals surface area contributed by atoms with E-state index in [1.54, 1.807) is 0 Å². The molecular weight excluding hydrogens is 369 g/mol. The number of amides is 1. The van der Waals surface area contributed by atoms with E-state index in [1.807, 2.05) is 32.0 Å². The molecule has 3 N–H and O–H groups in total. The van der Waals surface area contributed by atoms with Crippen LogP contribution in [0.4, 0.5) is 10.5 Å². The summed E-state index contributed by atoms with van der Waals surface area (Å²) < 4.78 is 2.66. The molecule has 0 aromatic heterocycles. The summed E-state index contributed by atoms with van der Waals surface area (Å²) in [6.07, 6.45) is -1.81. The molecule has 0 aliphatic heterocycles. The first-order valence-corrected chi connectivity index (χ1v) is 7.73. The van der Waals surface area contributed by atoms with E-state index in [0.29, 0.717) is 0 Å². The van der Waals surface area contributed by atoms with Crippen molar-refractivity contribution in [2.45, 2.75) is 23.8 Å². The number of rotatable bonds is 3. The normalized spacial score (nSPS) is 12.3. The van der Waals surface area contributed by atoms with Crippen LogP contribution in [0.3, 0.4) is 0 Å². The van der Waals surface area contributed by atoms with E-state index in [2.05, 4.69) is 20.7 Å². The summed E-state index contributed by atoms with van der Waals surface area (Å²) in [7, 11) is 1.21. The Balaban J connectivity index is 2.76. The van der Waals surface area contributed by atoms with Gasteiger partial charge in [-0.05, 0) is 37.7 Å². The maximum absolute atomic E-state index is 11.3. The first kappa shape index (κ1) is 19.1. The van der Waals surface area contributed by atoms with Gasteiger partial charge in [0.25, 0.3) is 0 Å². The molecule has 1 atom stereocenters. The van der Waals surface area contributed by atoms with E-state index >= 15 is 0 Å². The van der Waals surface area contributed by atoms with E-state index < -0.39 is 16.1 Å². The quantitative estimate of drug-likeness (QED) is 0.422. The van der Waals surface area contributed by atoms with Crippen LogP contribution in [0.2, 0.25) is 0 Å². The molecule has 0 aliphatic carbocycles. The van der Waals surface area contributed by atoms with Gasteiger partial charge in [0.05, 0.1) is 7.11 Å². The number of carbonyl (C=O) groups is 1. The highest BCUT2D eigenvalue weighted by molar-refractivity contribution is 7.80. The molecule has 0 radical (unpaired) electrons. The van der Waals surface area contributed by atoms with Gasteiger partial charge in [-0.15, -0.1) is 0 Å². The zero-order valence-corrected chi connectivity index (χ0v) is 15.3. The standard InChI is InChI=1S/C13H16Cl3N3O2S/c1-7-4-5-9(8(2)6-7)17-11(22)18-10(13(14,15)16)19-12(20)21-3/h4-6,10H,1-3H3,(H,19,20)(H2,17,18,22). The van der Waals surface area contributed by atoms with Gasteiger partial charge in [-0.3, -0.25) is 5.32 Å². The van der Waals surface area contributed by atoms with Crippen LogP contribution in [0, 0.1) is 13.8 Å².